The van der Waals surface area contributed by atoms with E-state index >= 15 is 0 Å². The molecule has 1 aromatic heterocycles. The van der Waals surface area contributed by atoms with Crippen molar-refractivity contribution in [1.82, 2.24) is 15.2 Å². The monoisotopic (exact) mass is 380 g/mol. The molecule has 2 aromatic carbocycles. The Kier molecular flexibility index (Phi) is 6.01. The van der Waals surface area contributed by atoms with Gasteiger partial charge < -0.3 is 14.8 Å². The van der Waals surface area contributed by atoms with Crippen LogP contribution in [0.3, 0.4) is 0 Å². The number of ether oxygens (including phenoxy) is 2. The van der Waals surface area contributed by atoms with Gasteiger partial charge in [0.1, 0.15) is 11.4 Å². The zero-order valence-electron chi connectivity index (χ0n) is 15.6. The van der Waals surface area contributed by atoms with Crippen molar-refractivity contribution in [2.75, 3.05) is 19.0 Å². The molecule has 0 aliphatic heterocycles. The highest BCUT2D eigenvalue weighted by Crippen LogP contribution is 2.15. The van der Waals surface area contributed by atoms with Gasteiger partial charge in [-0.3, -0.25) is 9.78 Å². The molecule has 0 aliphatic rings. The second-order valence-corrected chi connectivity index (χ2v) is 5.90. The van der Waals surface area contributed by atoms with E-state index in [9.17, 15) is 9.59 Å². The fraction of sp³-hybridized carbons (Fsp3) is 0.200. The van der Waals surface area contributed by atoms with E-state index in [1.165, 1.54) is 0 Å². The second kappa shape index (κ2) is 8.81. The summed E-state index contributed by atoms with van der Waals surface area (Å²) in [4.78, 5) is 26.6. The van der Waals surface area contributed by atoms with Gasteiger partial charge in [-0.1, -0.05) is 12.1 Å². The summed E-state index contributed by atoms with van der Waals surface area (Å²) in [7, 11) is 1.60. The molecule has 0 radical (unpaired) electrons. The van der Waals surface area contributed by atoms with Crippen LogP contribution in [0.25, 0.3) is 0 Å². The van der Waals surface area contributed by atoms with Crippen LogP contribution in [-0.4, -0.2) is 34.9 Å². The van der Waals surface area contributed by atoms with Crippen molar-refractivity contribution in [1.29, 1.82) is 0 Å². The number of hydrogen-bond donors (Lipinski definition) is 2. The number of benzene rings is 2. The molecule has 2 N–H and O–H groups in total. The quantitative estimate of drug-likeness (QED) is 0.607. The average Bonchev–Trinajstić information content (AvgIpc) is 2.71. The number of H-pyrrole nitrogens is 1. The minimum atomic E-state index is -0.384. The molecule has 144 valence electrons. The molecule has 0 unspecified atom stereocenters. The molecular formula is C20H20N4O4. The topological polar surface area (TPSA) is 106 Å². The minimum Gasteiger partial charge on any atom is -0.497 e. The van der Waals surface area contributed by atoms with Crippen molar-refractivity contribution >= 4 is 17.6 Å². The standard InChI is InChI=1S/C20H20N4O4/c1-3-28-19(26)14-6-8-15(9-7-14)21-20-22-18(25)17(23-24-20)12-13-4-10-16(27-2)11-5-13/h4-11H,3,12H2,1-2H3,(H2,21,22,24,25). The Morgan fingerprint density at radius 1 is 1.07 bits per heavy atom. The molecule has 0 amide bonds. The van der Waals surface area contributed by atoms with Crippen LogP contribution in [0.1, 0.15) is 28.5 Å². The summed E-state index contributed by atoms with van der Waals surface area (Å²) in [6.07, 6.45) is 0.362. The van der Waals surface area contributed by atoms with Crippen molar-refractivity contribution in [3.8, 4) is 5.75 Å². The number of aromatic amines is 1. The number of rotatable bonds is 7. The molecule has 28 heavy (non-hydrogen) atoms. The first-order chi connectivity index (χ1) is 13.6. The maximum absolute atomic E-state index is 12.3. The molecule has 0 fully saturated rings. The number of aromatic nitrogens is 3. The van der Waals surface area contributed by atoms with Crippen molar-refractivity contribution in [2.24, 2.45) is 0 Å². The Morgan fingerprint density at radius 2 is 1.79 bits per heavy atom. The molecule has 0 spiro atoms. The van der Waals surface area contributed by atoms with Gasteiger partial charge in [0.25, 0.3) is 5.56 Å². The van der Waals surface area contributed by atoms with E-state index in [1.807, 2.05) is 24.3 Å². The lowest BCUT2D eigenvalue weighted by molar-refractivity contribution is 0.0526. The zero-order valence-corrected chi connectivity index (χ0v) is 15.6. The van der Waals surface area contributed by atoms with Crippen molar-refractivity contribution in [3.05, 3.63) is 75.7 Å². The summed E-state index contributed by atoms with van der Waals surface area (Å²) in [6, 6.07) is 14.0. The molecule has 3 aromatic rings. The van der Waals surface area contributed by atoms with Crippen molar-refractivity contribution < 1.29 is 14.3 Å². The summed E-state index contributed by atoms with van der Waals surface area (Å²) >= 11 is 0. The van der Waals surface area contributed by atoms with Gasteiger partial charge in [0.2, 0.25) is 5.95 Å². The first-order valence-corrected chi connectivity index (χ1v) is 8.72. The van der Waals surface area contributed by atoms with Crippen molar-refractivity contribution in [2.45, 2.75) is 13.3 Å². The average molecular weight is 380 g/mol. The Balaban J connectivity index is 1.68. The Labute approximate surface area is 161 Å². The van der Waals surface area contributed by atoms with E-state index in [-0.39, 0.29) is 17.5 Å². The molecule has 3 rings (SSSR count). The van der Waals surface area contributed by atoms with Crippen LogP contribution < -0.4 is 15.6 Å². The van der Waals surface area contributed by atoms with Crippen molar-refractivity contribution in [3.63, 3.8) is 0 Å². The number of nitrogens with zero attached hydrogens (tertiary/aromatic N) is 2. The normalized spacial score (nSPS) is 10.4. The van der Waals surface area contributed by atoms with Gasteiger partial charge in [-0.05, 0) is 48.9 Å². The number of nitrogens with one attached hydrogen (secondary N) is 2. The Morgan fingerprint density at radius 3 is 2.39 bits per heavy atom. The van der Waals surface area contributed by atoms with Crippen LogP contribution in [0.5, 0.6) is 5.75 Å². The first-order valence-electron chi connectivity index (χ1n) is 8.72. The lowest BCUT2D eigenvalue weighted by Crippen LogP contribution is -2.18. The molecule has 8 nitrogen and oxygen atoms in total. The highest BCUT2D eigenvalue weighted by atomic mass is 16.5. The third-order valence-electron chi connectivity index (χ3n) is 3.95. The maximum Gasteiger partial charge on any atom is 0.338 e. The smallest absolute Gasteiger partial charge is 0.338 e. The molecule has 0 aliphatic carbocycles. The number of hydrogen-bond acceptors (Lipinski definition) is 7. The molecule has 0 atom stereocenters. The summed E-state index contributed by atoms with van der Waals surface area (Å²) in [5, 5.41) is 11.0. The second-order valence-electron chi connectivity index (χ2n) is 5.90. The predicted octanol–water partition coefficient (Wildman–Crippen LogP) is 2.68. The first kappa shape index (κ1) is 19.1. The van der Waals surface area contributed by atoms with Crippen LogP contribution >= 0.6 is 0 Å². The summed E-state index contributed by atoms with van der Waals surface area (Å²) < 4.78 is 10.1. The summed E-state index contributed by atoms with van der Waals surface area (Å²) in [5.41, 5.74) is 2.02. The van der Waals surface area contributed by atoms with E-state index in [2.05, 4.69) is 20.5 Å². The third kappa shape index (κ3) is 4.73. The highest BCUT2D eigenvalue weighted by molar-refractivity contribution is 5.89. The Hall–Kier alpha value is -3.68. The molecular weight excluding hydrogens is 360 g/mol. The minimum absolute atomic E-state index is 0.215. The van der Waals surface area contributed by atoms with Gasteiger partial charge in [-0.15, -0.1) is 10.2 Å². The van der Waals surface area contributed by atoms with Gasteiger partial charge in [0, 0.05) is 12.1 Å². The predicted molar refractivity (Wildman–Crippen MR) is 104 cm³/mol. The molecule has 8 heteroatoms. The summed E-state index contributed by atoms with van der Waals surface area (Å²) in [6.45, 7) is 2.07. The number of methoxy groups -OCH3 is 1. The number of carbonyl (C=O) groups excluding carboxylic acids is 1. The molecule has 0 saturated carbocycles. The van der Waals surface area contributed by atoms with Gasteiger partial charge in [-0.25, -0.2) is 4.79 Å². The fourth-order valence-corrected chi connectivity index (χ4v) is 2.51. The number of esters is 1. The largest absolute Gasteiger partial charge is 0.497 e. The van der Waals surface area contributed by atoms with E-state index in [0.29, 0.717) is 30.0 Å². The fourth-order valence-electron chi connectivity index (χ4n) is 2.51. The number of carbonyl (C=O) groups is 1. The SMILES string of the molecule is CCOC(=O)c1ccc(Nc2nnc(Cc3ccc(OC)cc3)c(=O)[nH]2)cc1. The van der Waals surface area contributed by atoms with Crippen LogP contribution in [0.15, 0.2) is 53.3 Å². The number of anilines is 2. The van der Waals surface area contributed by atoms with Crippen LogP contribution in [0.2, 0.25) is 0 Å². The van der Waals surface area contributed by atoms with Crippen LogP contribution in [0, 0.1) is 0 Å². The van der Waals surface area contributed by atoms with Crippen LogP contribution in [-0.2, 0) is 11.2 Å². The van der Waals surface area contributed by atoms with Gasteiger partial charge in [0.15, 0.2) is 0 Å². The molecule has 1 heterocycles. The lowest BCUT2D eigenvalue weighted by atomic mass is 10.1. The van der Waals surface area contributed by atoms with E-state index in [0.717, 1.165) is 11.3 Å². The molecule has 0 saturated heterocycles. The van der Waals surface area contributed by atoms with E-state index in [1.54, 1.807) is 38.3 Å². The van der Waals surface area contributed by atoms with Gasteiger partial charge in [0.05, 0.1) is 19.3 Å². The highest BCUT2D eigenvalue weighted by Gasteiger charge is 2.08. The summed E-state index contributed by atoms with van der Waals surface area (Å²) in [5.74, 6) is 0.578. The third-order valence-corrected chi connectivity index (χ3v) is 3.95. The van der Waals surface area contributed by atoms with E-state index in [4.69, 9.17) is 9.47 Å². The van der Waals surface area contributed by atoms with Gasteiger partial charge in [-0.2, -0.15) is 0 Å². The van der Waals surface area contributed by atoms with Crippen LogP contribution in [0.4, 0.5) is 11.6 Å². The lowest BCUT2D eigenvalue weighted by Gasteiger charge is -2.07. The Bertz CT molecular complexity index is 998. The molecule has 0 bridgehead atoms. The van der Waals surface area contributed by atoms with Gasteiger partial charge >= 0.3 is 5.97 Å². The maximum atomic E-state index is 12.3. The van der Waals surface area contributed by atoms with E-state index < -0.39 is 0 Å². The zero-order chi connectivity index (χ0) is 19.9.